The molecule has 3 aromatic heterocycles. The fraction of sp³-hybridized carbons (Fsp3) is 0.150. The van der Waals surface area contributed by atoms with Gasteiger partial charge in [-0.3, -0.25) is 9.36 Å². The van der Waals surface area contributed by atoms with Crippen LogP contribution in [0.15, 0.2) is 35.3 Å². The van der Waals surface area contributed by atoms with E-state index in [0.29, 0.717) is 22.0 Å². The van der Waals surface area contributed by atoms with Gasteiger partial charge in [0.1, 0.15) is 11.6 Å². The standard InChI is InChI=1S/C20H15FN4O3/c1-10-6-13-14(23-10)4-5-15(17(13)21)25-9-11(8-22)12-7-16(27-2)19(28-3)24-18(12)20(25)26/h4-7,9,23H,1-3H3. The average Bonchev–Trinajstić information content (AvgIpc) is 3.09. The van der Waals surface area contributed by atoms with Gasteiger partial charge in [0.2, 0.25) is 0 Å². The third kappa shape index (κ3) is 2.48. The Balaban J connectivity index is 2.09. The van der Waals surface area contributed by atoms with Gasteiger partial charge in [-0.2, -0.15) is 5.26 Å². The van der Waals surface area contributed by atoms with Crippen molar-refractivity contribution >= 4 is 21.8 Å². The maximum Gasteiger partial charge on any atom is 0.281 e. The molecule has 0 unspecified atom stereocenters. The van der Waals surface area contributed by atoms with Crippen molar-refractivity contribution in [2.45, 2.75) is 6.92 Å². The van der Waals surface area contributed by atoms with Gasteiger partial charge in [-0.15, -0.1) is 0 Å². The Labute approximate surface area is 158 Å². The molecule has 0 saturated heterocycles. The minimum Gasteiger partial charge on any atom is -0.491 e. The van der Waals surface area contributed by atoms with Gasteiger partial charge in [0.25, 0.3) is 11.4 Å². The molecule has 0 spiro atoms. The second-order valence-electron chi connectivity index (χ2n) is 6.24. The van der Waals surface area contributed by atoms with E-state index in [0.717, 1.165) is 10.3 Å². The first-order chi connectivity index (χ1) is 13.5. The smallest absolute Gasteiger partial charge is 0.281 e. The fourth-order valence-corrected chi connectivity index (χ4v) is 3.26. The molecule has 0 aliphatic rings. The van der Waals surface area contributed by atoms with E-state index in [1.807, 2.05) is 13.0 Å². The van der Waals surface area contributed by atoms with E-state index in [2.05, 4.69) is 9.97 Å². The van der Waals surface area contributed by atoms with Crippen LogP contribution in [-0.2, 0) is 0 Å². The number of methoxy groups -OCH3 is 2. The topological polar surface area (TPSA) is 92.9 Å². The number of ether oxygens (including phenoxy) is 2. The molecule has 4 rings (SSSR count). The number of rotatable bonds is 3. The molecule has 1 aromatic carbocycles. The summed E-state index contributed by atoms with van der Waals surface area (Å²) in [5.41, 5.74) is 1.03. The fourth-order valence-electron chi connectivity index (χ4n) is 3.26. The van der Waals surface area contributed by atoms with Gasteiger partial charge in [0, 0.05) is 28.2 Å². The molecule has 140 valence electrons. The molecular formula is C20H15FN4O3. The van der Waals surface area contributed by atoms with Crippen LogP contribution >= 0.6 is 0 Å². The van der Waals surface area contributed by atoms with Crippen LogP contribution in [0, 0.1) is 24.1 Å². The number of nitrogens with one attached hydrogen (secondary N) is 1. The van der Waals surface area contributed by atoms with Crippen molar-refractivity contribution in [3.63, 3.8) is 0 Å². The Bertz CT molecular complexity index is 1350. The zero-order valence-electron chi connectivity index (χ0n) is 15.3. The van der Waals surface area contributed by atoms with Crippen LogP contribution in [0.3, 0.4) is 0 Å². The molecular weight excluding hydrogens is 363 g/mol. The lowest BCUT2D eigenvalue weighted by atomic mass is 10.1. The van der Waals surface area contributed by atoms with E-state index in [-0.39, 0.29) is 22.6 Å². The van der Waals surface area contributed by atoms with Crippen molar-refractivity contribution in [1.29, 1.82) is 5.26 Å². The number of aryl methyl sites for hydroxylation is 1. The lowest BCUT2D eigenvalue weighted by Crippen LogP contribution is -2.21. The molecule has 1 N–H and O–H groups in total. The lowest BCUT2D eigenvalue weighted by Gasteiger charge is -2.12. The predicted octanol–water partition coefficient (Wildman–Crippen LogP) is 3.20. The molecule has 0 atom stereocenters. The number of nitriles is 1. The molecule has 0 radical (unpaired) electrons. The molecule has 0 bridgehead atoms. The number of nitrogens with zero attached hydrogens (tertiary/aromatic N) is 3. The van der Waals surface area contributed by atoms with Crippen molar-refractivity contribution < 1.29 is 13.9 Å². The number of halogens is 1. The van der Waals surface area contributed by atoms with Crippen molar-refractivity contribution in [2.24, 2.45) is 0 Å². The SMILES string of the molecule is COc1cc2c(C#N)cn(-c3ccc4[nH]c(C)cc4c3F)c(=O)c2nc1OC. The van der Waals surface area contributed by atoms with Gasteiger partial charge < -0.3 is 14.5 Å². The number of hydrogen-bond donors (Lipinski definition) is 1. The molecule has 28 heavy (non-hydrogen) atoms. The second-order valence-corrected chi connectivity index (χ2v) is 6.24. The van der Waals surface area contributed by atoms with Crippen LogP contribution in [0.1, 0.15) is 11.3 Å². The summed E-state index contributed by atoms with van der Waals surface area (Å²) >= 11 is 0. The van der Waals surface area contributed by atoms with E-state index in [9.17, 15) is 10.1 Å². The zero-order valence-corrected chi connectivity index (χ0v) is 15.3. The summed E-state index contributed by atoms with van der Waals surface area (Å²) in [6.07, 6.45) is 1.31. The van der Waals surface area contributed by atoms with Crippen LogP contribution < -0.4 is 15.0 Å². The first-order valence-corrected chi connectivity index (χ1v) is 8.35. The predicted molar refractivity (Wildman–Crippen MR) is 102 cm³/mol. The average molecular weight is 378 g/mol. The number of benzene rings is 1. The number of fused-ring (bicyclic) bond motifs is 2. The van der Waals surface area contributed by atoms with Crippen LogP contribution in [0.4, 0.5) is 4.39 Å². The molecule has 8 heteroatoms. The van der Waals surface area contributed by atoms with Gasteiger partial charge in [-0.1, -0.05) is 0 Å². The first-order valence-electron chi connectivity index (χ1n) is 8.35. The van der Waals surface area contributed by atoms with E-state index >= 15 is 4.39 Å². The first kappa shape index (κ1) is 17.5. The highest BCUT2D eigenvalue weighted by atomic mass is 19.1. The van der Waals surface area contributed by atoms with Crippen molar-refractivity contribution in [3.8, 4) is 23.4 Å². The maximum atomic E-state index is 15.1. The van der Waals surface area contributed by atoms with Crippen molar-refractivity contribution in [1.82, 2.24) is 14.5 Å². The molecule has 7 nitrogen and oxygen atoms in total. The molecule has 3 heterocycles. The monoisotopic (exact) mass is 378 g/mol. The number of hydrogen-bond acceptors (Lipinski definition) is 5. The molecule has 0 aliphatic carbocycles. The molecule has 0 saturated carbocycles. The second kappa shape index (κ2) is 6.39. The highest BCUT2D eigenvalue weighted by molar-refractivity contribution is 5.87. The Kier molecular flexibility index (Phi) is 4.00. The Morgan fingerprint density at radius 1 is 1.21 bits per heavy atom. The lowest BCUT2D eigenvalue weighted by molar-refractivity contribution is 0.344. The van der Waals surface area contributed by atoms with Gasteiger partial charge in [0.15, 0.2) is 11.6 Å². The summed E-state index contributed by atoms with van der Waals surface area (Å²) in [6, 6.07) is 8.39. The number of H-pyrrole nitrogens is 1. The van der Waals surface area contributed by atoms with E-state index in [1.165, 1.54) is 32.5 Å². The maximum absolute atomic E-state index is 15.1. The summed E-state index contributed by atoms with van der Waals surface area (Å²) in [4.78, 5) is 20.3. The summed E-state index contributed by atoms with van der Waals surface area (Å²) < 4.78 is 26.6. The summed E-state index contributed by atoms with van der Waals surface area (Å²) in [5.74, 6) is -0.169. The van der Waals surface area contributed by atoms with Gasteiger partial charge in [0.05, 0.1) is 25.5 Å². The van der Waals surface area contributed by atoms with Crippen LogP contribution in [0.2, 0.25) is 0 Å². The minimum absolute atomic E-state index is 0.0125. The number of aromatic nitrogens is 3. The minimum atomic E-state index is -0.569. The highest BCUT2D eigenvalue weighted by Crippen LogP contribution is 2.30. The van der Waals surface area contributed by atoms with E-state index in [1.54, 1.807) is 12.1 Å². The largest absolute Gasteiger partial charge is 0.491 e. The van der Waals surface area contributed by atoms with Crippen molar-refractivity contribution in [3.05, 3.63) is 57.9 Å². The molecule has 0 fully saturated rings. The highest BCUT2D eigenvalue weighted by Gasteiger charge is 2.19. The molecule has 4 aromatic rings. The quantitative estimate of drug-likeness (QED) is 0.591. The van der Waals surface area contributed by atoms with E-state index < -0.39 is 11.4 Å². The Morgan fingerprint density at radius 2 is 2.00 bits per heavy atom. The third-order valence-electron chi connectivity index (χ3n) is 4.57. The van der Waals surface area contributed by atoms with E-state index in [4.69, 9.17) is 9.47 Å². The van der Waals surface area contributed by atoms with Crippen molar-refractivity contribution in [2.75, 3.05) is 14.2 Å². The number of aromatic amines is 1. The summed E-state index contributed by atoms with van der Waals surface area (Å²) in [6.45, 7) is 1.82. The number of pyridine rings is 2. The Hall–Kier alpha value is -3.86. The molecule has 0 aliphatic heterocycles. The normalized spacial score (nSPS) is 11.0. The molecule has 0 amide bonds. The van der Waals surface area contributed by atoms with Gasteiger partial charge >= 0.3 is 0 Å². The van der Waals surface area contributed by atoms with Gasteiger partial charge in [-0.05, 0) is 31.2 Å². The van der Waals surface area contributed by atoms with Gasteiger partial charge in [-0.25, -0.2) is 9.37 Å². The van der Waals surface area contributed by atoms with Crippen LogP contribution in [0.25, 0.3) is 27.5 Å². The third-order valence-corrected chi connectivity index (χ3v) is 4.57. The summed E-state index contributed by atoms with van der Waals surface area (Å²) in [5, 5.41) is 10.2. The summed E-state index contributed by atoms with van der Waals surface area (Å²) in [7, 11) is 2.83. The van der Waals surface area contributed by atoms with Crippen LogP contribution in [0.5, 0.6) is 11.6 Å². The Morgan fingerprint density at radius 3 is 2.68 bits per heavy atom. The van der Waals surface area contributed by atoms with Crippen LogP contribution in [-0.4, -0.2) is 28.8 Å². The zero-order chi connectivity index (χ0) is 20.0.